The lowest BCUT2D eigenvalue weighted by Crippen LogP contribution is -2.46. The van der Waals surface area contributed by atoms with Crippen LogP contribution in [0.5, 0.6) is 0 Å². The lowest BCUT2D eigenvalue weighted by Gasteiger charge is -2.25. The summed E-state index contributed by atoms with van der Waals surface area (Å²) < 4.78 is 0. The van der Waals surface area contributed by atoms with Crippen molar-refractivity contribution in [2.24, 2.45) is 0 Å². The van der Waals surface area contributed by atoms with Crippen molar-refractivity contribution in [2.45, 2.75) is 25.8 Å². The highest BCUT2D eigenvalue weighted by atomic mass is 16.4. The molecule has 6 nitrogen and oxygen atoms in total. The molecule has 1 aliphatic heterocycles. The third-order valence-electron chi connectivity index (χ3n) is 3.03. The topological polar surface area (TPSA) is 72.9 Å². The fourth-order valence-electron chi connectivity index (χ4n) is 1.96. The van der Waals surface area contributed by atoms with E-state index in [1.54, 1.807) is 0 Å². The van der Waals surface area contributed by atoms with Gasteiger partial charge in [0.1, 0.15) is 6.54 Å². The Balaban J connectivity index is 2.24. The highest BCUT2D eigenvalue weighted by molar-refractivity contribution is 5.79. The molecule has 2 amide bonds. The summed E-state index contributed by atoms with van der Waals surface area (Å²) >= 11 is 0. The highest BCUT2D eigenvalue weighted by Crippen LogP contribution is 2.10. The van der Waals surface area contributed by atoms with Crippen LogP contribution in [0, 0.1) is 0 Å². The first-order chi connectivity index (χ1) is 8.00. The number of nitrogens with zero attached hydrogens (tertiary/aromatic N) is 2. The van der Waals surface area contributed by atoms with Crippen LogP contribution in [0.15, 0.2) is 0 Å². The summed E-state index contributed by atoms with van der Waals surface area (Å²) in [5.41, 5.74) is 0. The second-order valence-electron chi connectivity index (χ2n) is 4.53. The molecule has 1 atom stereocenters. The number of likely N-dealkylation sites (N-methyl/N-ethyl adjacent to an activating group) is 1. The van der Waals surface area contributed by atoms with E-state index in [0.717, 1.165) is 13.1 Å². The maximum absolute atomic E-state index is 11.5. The number of hydrogen-bond donors (Lipinski definition) is 2. The van der Waals surface area contributed by atoms with E-state index in [2.05, 4.69) is 17.1 Å². The van der Waals surface area contributed by atoms with Crippen molar-refractivity contribution in [3.05, 3.63) is 0 Å². The van der Waals surface area contributed by atoms with Gasteiger partial charge in [-0.05, 0) is 32.9 Å². The van der Waals surface area contributed by atoms with Gasteiger partial charge in [0.2, 0.25) is 0 Å². The van der Waals surface area contributed by atoms with Crippen LogP contribution in [0.25, 0.3) is 0 Å². The number of likely N-dealkylation sites (tertiary alicyclic amines) is 1. The Morgan fingerprint density at radius 1 is 1.41 bits per heavy atom. The fourth-order valence-corrected chi connectivity index (χ4v) is 1.96. The van der Waals surface area contributed by atoms with Gasteiger partial charge in [0.25, 0.3) is 0 Å². The van der Waals surface area contributed by atoms with E-state index < -0.39 is 5.97 Å². The van der Waals surface area contributed by atoms with Crippen LogP contribution in [0.3, 0.4) is 0 Å². The molecule has 1 fully saturated rings. The zero-order valence-corrected chi connectivity index (χ0v) is 10.5. The largest absolute Gasteiger partial charge is 0.480 e. The highest BCUT2D eigenvalue weighted by Gasteiger charge is 2.19. The minimum absolute atomic E-state index is 0.274. The van der Waals surface area contributed by atoms with Gasteiger partial charge in [-0.3, -0.25) is 9.69 Å². The van der Waals surface area contributed by atoms with Crippen molar-refractivity contribution >= 4 is 12.0 Å². The summed E-state index contributed by atoms with van der Waals surface area (Å²) in [5, 5.41) is 11.3. The molecule has 0 bridgehead atoms. The van der Waals surface area contributed by atoms with Crippen LogP contribution in [0.2, 0.25) is 0 Å². The number of hydrogen-bond acceptors (Lipinski definition) is 3. The zero-order valence-electron chi connectivity index (χ0n) is 10.5. The number of carboxylic acid groups (broad SMARTS) is 1. The Bertz CT molecular complexity index is 277. The molecule has 0 aromatic rings. The minimum Gasteiger partial charge on any atom is -0.480 e. The molecule has 1 saturated heterocycles. The molecule has 0 aliphatic carbocycles. The van der Waals surface area contributed by atoms with Gasteiger partial charge in [0, 0.05) is 19.6 Å². The number of amides is 2. The normalized spacial score (nSPS) is 17.8. The fraction of sp³-hybridized carbons (Fsp3) is 0.818. The average molecular weight is 243 g/mol. The Morgan fingerprint density at radius 3 is 2.53 bits per heavy atom. The Labute approximate surface area is 102 Å². The maximum Gasteiger partial charge on any atom is 0.323 e. The third-order valence-corrected chi connectivity index (χ3v) is 3.03. The number of carbonyl (C=O) groups is 2. The molecule has 1 aliphatic rings. The molecular formula is C11H21N3O3. The van der Waals surface area contributed by atoms with Crippen LogP contribution >= 0.6 is 0 Å². The Hall–Kier alpha value is -1.30. The zero-order chi connectivity index (χ0) is 12.8. The molecule has 0 spiro atoms. The van der Waals surface area contributed by atoms with Gasteiger partial charge in [0.05, 0.1) is 0 Å². The van der Waals surface area contributed by atoms with Crippen LogP contribution < -0.4 is 5.32 Å². The van der Waals surface area contributed by atoms with E-state index in [1.807, 2.05) is 0 Å². The first kappa shape index (κ1) is 13.8. The van der Waals surface area contributed by atoms with Crippen molar-refractivity contribution in [3.8, 4) is 0 Å². The third kappa shape index (κ3) is 4.60. The van der Waals surface area contributed by atoms with Gasteiger partial charge in [0.15, 0.2) is 0 Å². The minimum atomic E-state index is -1.00. The molecule has 17 heavy (non-hydrogen) atoms. The summed E-state index contributed by atoms with van der Waals surface area (Å²) in [4.78, 5) is 25.5. The van der Waals surface area contributed by atoms with E-state index in [-0.39, 0.29) is 12.6 Å². The molecule has 98 valence electrons. The van der Waals surface area contributed by atoms with Crippen molar-refractivity contribution < 1.29 is 14.7 Å². The van der Waals surface area contributed by atoms with Gasteiger partial charge in [-0.15, -0.1) is 0 Å². The predicted molar refractivity (Wildman–Crippen MR) is 63.9 cm³/mol. The summed E-state index contributed by atoms with van der Waals surface area (Å²) in [6.45, 7) is 4.53. The molecule has 2 N–H and O–H groups in total. The predicted octanol–water partition coefficient (Wildman–Crippen LogP) is 0.197. The van der Waals surface area contributed by atoms with Crippen molar-refractivity contribution in [1.82, 2.24) is 15.1 Å². The van der Waals surface area contributed by atoms with Gasteiger partial charge >= 0.3 is 12.0 Å². The number of carboxylic acids is 1. The van der Waals surface area contributed by atoms with Crippen LogP contribution in [0.4, 0.5) is 4.79 Å². The van der Waals surface area contributed by atoms with Crippen LogP contribution in [-0.4, -0.2) is 66.2 Å². The quantitative estimate of drug-likeness (QED) is 0.723. The lowest BCUT2D eigenvalue weighted by molar-refractivity contribution is -0.137. The molecule has 6 heteroatoms. The summed E-state index contributed by atoms with van der Waals surface area (Å²) in [6, 6.07) is -0.0295. The second-order valence-corrected chi connectivity index (χ2v) is 4.53. The number of rotatable bonds is 5. The van der Waals surface area contributed by atoms with Crippen molar-refractivity contribution in [3.63, 3.8) is 0 Å². The van der Waals surface area contributed by atoms with Crippen LogP contribution in [-0.2, 0) is 4.79 Å². The Kier molecular flexibility index (Phi) is 5.21. The standard InChI is InChI=1S/C11H21N3O3/c1-9(14-5-3-4-6-14)7-12-11(17)13(2)8-10(15)16/h9H,3-8H2,1-2H3,(H,12,17)(H,15,16). The molecule has 1 heterocycles. The first-order valence-corrected chi connectivity index (χ1v) is 5.95. The molecule has 0 radical (unpaired) electrons. The van der Waals surface area contributed by atoms with E-state index >= 15 is 0 Å². The lowest BCUT2D eigenvalue weighted by atomic mass is 10.3. The SMILES string of the molecule is CC(CNC(=O)N(C)CC(=O)O)N1CCCC1. The number of nitrogens with one attached hydrogen (secondary N) is 1. The monoisotopic (exact) mass is 243 g/mol. The molecular weight excluding hydrogens is 222 g/mol. The van der Waals surface area contributed by atoms with E-state index in [4.69, 9.17) is 5.11 Å². The number of aliphatic carboxylic acids is 1. The van der Waals surface area contributed by atoms with Gasteiger partial charge < -0.3 is 15.3 Å². The smallest absolute Gasteiger partial charge is 0.323 e. The van der Waals surface area contributed by atoms with Gasteiger partial charge in [-0.2, -0.15) is 0 Å². The molecule has 1 unspecified atom stereocenters. The molecule has 0 saturated carbocycles. The average Bonchev–Trinajstić information content (AvgIpc) is 2.77. The molecule has 0 aromatic heterocycles. The van der Waals surface area contributed by atoms with E-state index in [1.165, 1.54) is 24.8 Å². The van der Waals surface area contributed by atoms with Gasteiger partial charge in [-0.25, -0.2) is 4.79 Å². The molecule has 0 aromatic carbocycles. The maximum atomic E-state index is 11.5. The van der Waals surface area contributed by atoms with E-state index in [9.17, 15) is 9.59 Å². The number of urea groups is 1. The summed E-state index contributed by atoms with van der Waals surface area (Å²) in [7, 11) is 1.48. The van der Waals surface area contributed by atoms with E-state index in [0.29, 0.717) is 12.6 Å². The number of carbonyl (C=O) groups excluding carboxylic acids is 1. The van der Waals surface area contributed by atoms with Crippen molar-refractivity contribution in [2.75, 3.05) is 33.2 Å². The van der Waals surface area contributed by atoms with Crippen molar-refractivity contribution in [1.29, 1.82) is 0 Å². The van der Waals surface area contributed by atoms with Crippen LogP contribution in [0.1, 0.15) is 19.8 Å². The second kappa shape index (κ2) is 6.44. The Morgan fingerprint density at radius 2 is 2.00 bits per heavy atom. The summed E-state index contributed by atoms with van der Waals surface area (Å²) in [6.07, 6.45) is 2.44. The first-order valence-electron chi connectivity index (χ1n) is 5.95. The van der Waals surface area contributed by atoms with Gasteiger partial charge in [-0.1, -0.05) is 0 Å². The summed E-state index contributed by atoms with van der Waals surface area (Å²) in [5.74, 6) is -1.00. The molecule has 1 rings (SSSR count).